The van der Waals surface area contributed by atoms with E-state index in [4.69, 9.17) is 11.6 Å². The summed E-state index contributed by atoms with van der Waals surface area (Å²) in [4.78, 5) is 5.57. The second-order valence-corrected chi connectivity index (χ2v) is 4.90. The summed E-state index contributed by atoms with van der Waals surface area (Å²) < 4.78 is 2.09. The van der Waals surface area contributed by atoms with Crippen molar-refractivity contribution in [3.63, 3.8) is 0 Å². The lowest BCUT2D eigenvalue weighted by atomic mass is 10.3. The summed E-state index contributed by atoms with van der Waals surface area (Å²) in [6.45, 7) is 2.06. The van der Waals surface area contributed by atoms with Gasteiger partial charge in [0, 0.05) is 5.69 Å². The Hall–Kier alpha value is -1.32. The van der Waals surface area contributed by atoms with Gasteiger partial charge in [-0.2, -0.15) is 0 Å². The van der Waals surface area contributed by atoms with Crippen molar-refractivity contribution in [2.75, 3.05) is 0 Å². The monoisotopic (exact) mass is 248 g/mol. The molecule has 0 aromatic carbocycles. The fourth-order valence-electron chi connectivity index (χ4n) is 1.83. The number of hydrogen-bond donors (Lipinski definition) is 0. The molecule has 0 saturated heterocycles. The lowest BCUT2D eigenvalue weighted by Gasteiger charge is -2.02. The van der Waals surface area contributed by atoms with Gasteiger partial charge in [-0.3, -0.25) is 4.40 Å². The number of hydrogen-bond acceptors (Lipinski definition) is 2. The molecular weight excluding hydrogens is 240 g/mol. The molecular formula is C12H9ClN2S. The first-order chi connectivity index (χ1) is 7.77. The van der Waals surface area contributed by atoms with Gasteiger partial charge in [0.25, 0.3) is 0 Å². The van der Waals surface area contributed by atoms with Crippen molar-refractivity contribution in [3.8, 4) is 10.7 Å². The largest absolute Gasteiger partial charge is 0.295 e. The SMILES string of the molecule is Cc1cccc2c(Cl)nc(-c3cccs3)n12. The van der Waals surface area contributed by atoms with Gasteiger partial charge in [0.2, 0.25) is 0 Å². The number of aryl methyl sites for hydroxylation is 1. The normalized spacial score (nSPS) is 11.1. The highest BCUT2D eigenvalue weighted by molar-refractivity contribution is 7.13. The van der Waals surface area contributed by atoms with Crippen molar-refractivity contribution in [1.29, 1.82) is 0 Å². The molecule has 80 valence electrons. The fraction of sp³-hybridized carbons (Fsp3) is 0.0833. The van der Waals surface area contributed by atoms with Crippen LogP contribution in [0, 0.1) is 6.92 Å². The first-order valence-electron chi connectivity index (χ1n) is 4.95. The molecule has 0 saturated carbocycles. The Balaban J connectivity index is 2.42. The third kappa shape index (κ3) is 1.36. The number of halogens is 1. The second-order valence-electron chi connectivity index (χ2n) is 3.59. The van der Waals surface area contributed by atoms with Crippen molar-refractivity contribution in [2.24, 2.45) is 0 Å². The molecule has 0 fully saturated rings. The number of aromatic nitrogens is 2. The van der Waals surface area contributed by atoms with Crippen LogP contribution in [-0.2, 0) is 0 Å². The first kappa shape index (κ1) is 9.87. The Morgan fingerprint density at radius 1 is 1.25 bits per heavy atom. The van der Waals surface area contributed by atoms with E-state index in [9.17, 15) is 0 Å². The molecule has 3 aromatic heterocycles. The number of rotatable bonds is 1. The van der Waals surface area contributed by atoms with Crippen LogP contribution in [0.5, 0.6) is 0 Å². The molecule has 3 aromatic rings. The Morgan fingerprint density at radius 2 is 2.12 bits per heavy atom. The van der Waals surface area contributed by atoms with E-state index in [0.717, 1.165) is 21.9 Å². The minimum atomic E-state index is 0.562. The van der Waals surface area contributed by atoms with Gasteiger partial charge in [-0.15, -0.1) is 11.3 Å². The summed E-state index contributed by atoms with van der Waals surface area (Å²) in [5.74, 6) is 0.924. The number of fused-ring (bicyclic) bond motifs is 1. The molecule has 0 atom stereocenters. The highest BCUT2D eigenvalue weighted by Gasteiger charge is 2.12. The van der Waals surface area contributed by atoms with E-state index in [2.05, 4.69) is 28.4 Å². The van der Waals surface area contributed by atoms with Crippen LogP contribution in [0.25, 0.3) is 16.2 Å². The van der Waals surface area contributed by atoms with E-state index in [0.29, 0.717) is 5.15 Å². The van der Waals surface area contributed by atoms with Gasteiger partial charge in [-0.1, -0.05) is 23.7 Å². The summed E-state index contributed by atoms with van der Waals surface area (Å²) in [5, 5.41) is 2.61. The maximum atomic E-state index is 6.14. The molecule has 0 aliphatic rings. The zero-order valence-corrected chi connectivity index (χ0v) is 10.2. The standard InChI is InChI=1S/C12H9ClN2S/c1-8-4-2-5-9-11(13)14-12(15(8)9)10-6-3-7-16-10/h2-7H,1H3. The van der Waals surface area contributed by atoms with Crippen molar-refractivity contribution in [1.82, 2.24) is 9.38 Å². The Kier molecular flexibility index (Phi) is 2.23. The first-order valence-corrected chi connectivity index (χ1v) is 6.20. The van der Waals surface area contributed by atoms with Gasteiger partial charge >= 0.3 is 0 Å². The molecule has 0 amide bonds. The molecule has 0 aliphatic heterocycles. The van der Waals surface area contributed by atoms with Crippen LogP contribution in [0.1, 0.15) is 5.69 Å². The molecule has 0 bridgehead atoms. The van der Waals surface area contributed by atoms with Crippen molar-refractivity contribution in [2.45, 2.75) is 6.92 Å². The third-order valence-corrected chi connectivity index (χ3v) is 3.70. The maximum Gasteiger partial charge on any atom is 0.156 e. The molecule has 0 spiro atoms. The van der Waals surface area contributed by atoms with E-state index in [1.807, 2.05) is 23.6 Å². The molecule has 2 nitrogen and oxygen atoms in total. The second kappa shape index (κ2) is 3.61. The molecule has 16 heavy (non-hydrogen) atoms. The predicted molar refractivity (Wildman–Crippen MR) is 68.3 cm³/mol. The average Bonchev–Trinajstić information content (AvgIpc) is 2.87. The summed E-state index contributed by atoms with van der Waals surface area (Å²) in [7, 11) is 0. The number of imidazole rings is 1. The predicted octanol–water partition coefficient (Wildman–Crippen LogP) is 4.02. The fourth-order valence-corrected chi connectivity index (χ4v) is 2.76. The van der Waals surface area contributed by atoms with E-state index in [1.54, 1.807) is 11.3 Å². The molecule has 0 radical (unpaired) electrons. The van der Waals surface area contributed by atoms with Crippen LogP contribution in [0.4, 0.5) is 0 Å². The molecule has 3 rings (SSSR count). The van der Waals surface area contributed by atoms with Crippen LogP contribution in [0.2, 0.25) is 5.15 Å². The van der Waals surface area contributed by atoms with Crippen LogP contribution >= 0.6 is 22.9 Å². The van der Waals surface area contributed by atoms with Crippen LogP contribution < -0.4 is 0 Å². The van der Waals surface area contributed by atoms with Crippen LogP contribution in [0.15, 0.2) is 35.7 Å². The number of pyridine rings is 1. The highest BCUT2D eigenvalue weighted by Crippen LogP contribution is 2.29. The Labute approximate surface area is 102 Å². The molecule has 0 unspecified atom stereocenters. The van der Waals surface area contributed by atoms with Gasteiger partial charge in [-0.05, 0) is 30.5 Å². The topological polar surface area (TPSA) is 17.3 Å². The van der Waals surface area contributed by atoms with E-state index >= 15 is 0 Å². The smallest absolute Gasteiger partial charge is 0.156 e. The number of thiophene rings is 1. The molecule has 4 heteroatoms. The highest BCUT2D eigenvalue weighted by atomic mass is 35.5. The molecule has 3 heterocycles. The maximum absolute atomic E-state index is 6.14. The van der Waals surface area contributed by atoms with E-state index in [1.165, 1.54) is 0 Å². The summed E-state index contributed by atoms with van der Waals surface area (Å²) in [6, 6.07) is 10.1. The number of nitrogens with zero attached hydrogens (tertiary/aromatic N) is 2. The molecule has 0 N–H and O–H groups in total. The Morgan fingerprint density at radius 3 is 2.88 bits per heavy atom. The zero-order chi connectivity index (χ0) is 11.1. The lowest BCUT2D eigenvalue weighted by Crippen LogP contribution is -1.92. The van der Waals surface area contributed by atoms with Gasteiger partial charge < -0.3 is 0 Å². The van der Waals surface area contributed by atoms with Crippen molar-refractivity contribution >= 4 is 28.5 Å². The van der Waals surface area contributed by atoms with Crippen LogP contribution in [-0.4, -0.2) is 9.38 Å². The quantitative estimate of drug-likeness (QED) is 0.636. The van der Waals surface area contributed by atoms with Crippen molar-refractivity contribution in [3.05, 3.63) is 46.6 Å². The van der Waals surface area contributed by atoms with E-state index in [-0.39, 0.29) is 0 Å². The Bertz CT molecular complexity index is 640. The van der Waals surface area contributed by atoms with Gasteiger partial charge in [-0.25, -0.2) is 4.98 Å². The van der Waals surface area contributed by atoms with Crippen molar-refractivity contribution < 1.29 is 0 Å². The minimum Gasteiger partial charge on any atom is -0.295 e. The van der Waals surface area contributed by atoms with Gasteiger partial charge in [0.15, 0.2) is 11.0 Å². The third-order valence-electron chi connectivity index (χ3n) is 2.55. The lowest BCUT2D eigenvalue weighted by molar-refractivity contribution is 1.09. The zero-order valence-electron chi connectivity index (χ0n) is 8.64. The average molecular weight is 249 g/mol. The van der Waals surface area contributed by atoms with Gasteiger partial charge in [0.1, 0.15) is 0 Å². The minimum absolute atomic E-state index is 0.562. The van der Waals surface area contributed by atoms with E-state index < -0.39 is 0 Å². The van der Waals surface area contributed by atoms with Crippen LogP contribution in [0.3, 0.4) is 0 Å². The van der Waals surface area contributed by atoms with Gasteiger partial charge in [0.05, 0.1) is 10.4 Å². The summed E-state index contributed by atoms with van der Waals surface area (Å²) in [5.41, 5.74) is 2.10. The molecule has 0 aliphatic carbocycles. The summed E-state index contributed by atoms with van der Waals surface area (Å²) in [6.07, 6.45) is 0. The summed E-state index contributed by atoms with van der Waals surface area (Å²) >= 11 is 7.81.